The van der Waals surface area contributed by atoms with Crippen LogP contribution in [0, 0.1) is 0 Å². The highest BCUT2D eigenvalue weighted by molar-refractivity contribution is 5.91. The Balaban J connectivity index is 1.71. The number of rotatable bonds is 2. The van der Waals surface area contributed by atoms with Crippen molar-refractivity contribution < 1.29 is 0 Å². The molecule has 2 aromatic carbocycles. The summed E-state index contributed by atoms with van der Waals surface area (Å²) in [5.41, 5.74) is 6.05. The van der Waals surface area contributed by atoms with Gasteiger partial charge in [-0.1, -0.05) is 51.1 Å². The lowest BCUT2D eigenvalue weighted by Gasteiger charge is -2.29. The third-order valence-corrected chi connectivity index (χ3v) is 4.97. The Bertz CT molecular complexity index is 865. The zero-order chi connectivity index (χ0) is 17.4. The summed E-state index contributed by atoms with van der Waals surface area (Å²) in [5.74, 6) is 0.943. The molecule has 2 N–H and O–H groups in total. The molecule has 4 nitrogen and oxygen atoms in total. The predicted octanol–water partition coefficient (Wildman–Crippen LogP) is 3.94. The summed E-state index contributed by atoms with van der Waals surface area (Å²) < 4.78 is 0. The SMILES string of the molecule is CC(C)(C)c1ccc(-c2nc3c(N4CCNCC4)cccc3[nH]2)cc1. The lowest BCUT2D eigenvalue weighted by molar-refractivity contribution is 0.590. The molecule has 0 atom stereocenters. The monoisotopic (exact) mass is 334 g/mol. The molecule has 3 aromatic rings. The summed E-state index contributed by atoms with van der Waals surface area (Å²) in [5, 5.41) is 3.41. The molecule has 1 aromatic heterocycles. The Morgan fingerprint density at radius 2 is 1.68 bits per heavy atom. The highest BCUT2D eigenvalue weighted by Gasteiger charge is 2.17. The van der Waals surface area contributed by atoms with Crippen LogP contribution in [-0.2, 0) is 5.41 Å². The molecule has 4 rings (SSSR count). The molecule has 0 amide bonds. The maximum atomic E-state index is 4.93. The van der Waals surface area contributed by atoms with Gasteiger partial charge in [0.15, 0.2) is 0 Å². The number of hydrogen-bond acceptors (Lipinski definition) is 3. The third-order valence-electron chi connectivity index (χ3n) is 4.97. The van der Waals surface area contributed by atoms with Crippen LogP contribution in [0.5, 0.6) is 0 Å². The van der Waals surface area contributed by atoms with Gasteiger partial charge in [-0.25, -0.2) is 4.98 Å². The minimum Gasteiger partial charge on any atom is -0.367 e. The predicted molar refractivity (Wildman–Crippen MR) is 105 cm³/mol. The summed E-state index contributed by atoms with van der Waals surface area (Å²) in [6, 6.07) is 15.2. The highest BCUT2D eigenvalue weighted by Crippen LogP contribution is 2.30. The van der Waals surface area contributed by atoms with Gasteiger partial charge in [-0.05, 0) is 23.1 Å². The van der Waals surface area contributed by atoms with Crippen LogP contribution in [0.4, 0.5) is 5.69 Å². The van der Waals surface area contributed by atoms with Gasteiger partial charge in [0.1, 0.15) is 11.3 Å². The van der Waals surface area contributed by atoms with E-state index in [2.05, 4.69) is 78.4 Å². The molecule has 1 aliphatic rings. The minimum atomic E-state index is 0.169. The normalized spacial score (nSPS) is 15.7. The summed E-state index contributed by atoms with van der Waals surface area (Å²) in [6.07, 6.45) is 0. The second-order valence-electron chi connectivity index (χ2n) is 7.82. The van der Waals surface area contributed by atoms with Crippen molar-refractivity contribution in [3.63, 3.8) is 0 Å². The van der Waals surface area contributed by atoms with Gasteiger partial charge in [0.2, 0.25) is 0 Å². The number of aromatic nitrogens is 2. The van der Waals surface area contributed by atoms with Crippen molar-refractivity contribution in [3.8, 4) is 11.4 Å². The topological polar surface area (TPSA) is 44.0 Å². The molecule has 130 valence electrons. The number of benzene rings is 2. The molecule has 0 unspecified atom stereocenters. The number of piperazine rings is 1. The van der Waals surface area contributed by atoms with Crippen molar-refractivity contribution >= 4 is 16.7 Å². The summed E-state index contributed by atoms with van der Waals surface area (Å²) >= 11 is 0. The van der Waals surface area contributed by atoms with Gasteiger partial charge in [-0.2, -0.15) is 0 Å². The van der Waals surface area contributed by atoms with Gasteiger partial charge in [0.25, 0.3) is 0 Å². The molecule has 1 saturated heterocycles. The van der Waals surface area contributed by atoms with Crippen LogP contribution in [0.1, 0.15) is 26.3 Å². The fourth-order valence-electron chi connectivity index (χ4n) is 3.44. The van der Waals surface area contributed by atoms with Gasteiger partial charge >= 0.3 is 0 Å². The number of para-hydroxylation sites is 1. The molecule has 2 heterocycles. The quantitative estimate of drug-likeness (QED) is 0.746. The van der Waals surface area contributed by atoms with Crippen LogP contribution in [0.25, 0.3) is 22.4 Å². The number of anilines is 1. The maximum absolute atomic E-state index is 4.93. The second-order valence-corrected chi connectivity index (χ2v) is 7.82. The van der Waals surface area contributed by atoms with Crippen molar-refractivity contribution in [2.45, 2.75) is 26.2 Å². The maximum Gasteiger partial charge on any atom is 0.138 e. The van der Waals surface area contributed by atoms with Gasteiger partial charge in [-0.15, -0.1) is 0 Å². The van der Waals surface area contributed by atoms with Crippen LogP contribution < -0.4 is 10.2 Å². The van der Waals surface area contributed by atoms with E-state index in [0.29, 0.717) is 0 Å². The fraction of sp³-hybridized carbons (Fsp3) is 0.381. The zero-order valence-electron chi connectivity index (χ0n) is 15.3. The van der Waals surface area contributed by atoms with Crippen LogP contribution in [0.2, 0.25) is 0 Å². The van der Waals surface area contributed by atoms with E-state index >= 15 is 0 Å². The first-order valence-corrected chi connectivity index (χ1v) is 9.08. The van der Waals surface area contributed by atoms with Crippen LogP contribution >= 0.6 is 0 Å². The highest BCUT2D eigenvalue weighted by atomic mass is 15.2. The standard InChI is InChI=1S/C21H26N4/c1-21(2,3)16-9-7-15(8-10-16)20-23-17-5-4-6-18(19(17)24-20)25-13-11-22-12-14-25/h4-10,22H,11-14H2,1-3H3,(H,23,24). The van der Waals surface area contributed by atoms with Gasteiger partial charge in [-0.3, -0.25) is 0 Å². The Morgan fingerprint density at radius 1 is 0.960 bits per heavy atom. The molecular formula is C21H26N4. The molecule has 0 aliphatic carbocycles. The van der Waals surface area contributed by atoms with E-state index in [1.165, 1.54) is 11.3 Å². The van der Waals surface area contributed by atoms with Crippen LogP contribution in [0.3, 0.4) is 0 Å². The second kappa shape index (κ2) is 6.19. The number of aromatic amines is 1. The summed E-state index contributed by atoms with van der Waals surface area (Å²) in [7, 11) is 0. The van der Waals surface area contributed by atoms with E-state index < -0.39 is 0 Å². The molecular weight excluding hydrogens is 308 g/mol. The lowest BCUT2D eigenvalue weighted by atomic mass is 9.87. The molecule has 1 aliphatic heterocycles. The molecule has 1 fully saturated rings. The Kier molecular flexibility index (Phi) is 4.00. The number of H-pyrrole nitrogens is 1. The van der Waals surface area contributed by atoms with Gasteiger partial charge < -0.3 is 15.2 Å². The van der Waals surface area contributed by atoms with E-state index in [4.69, 9.17) is 4.98 Å². The van der Waals surface area contributed by atoms with E-state index in [1.54, 1.807) is 0 Å². The lowest BCUT2D eigenvalue weighted by Crippen LogP contribution is -2.43. The van der Waals surface area contributed by atoms with Gasteiger partial charge in [0, 0.05) is 31.7 Å². The number of fused-ring (bicyclic) bond motifs is 1. The van der Waals surface area contributed by atoms with E-state index in [1.807, 2.05) is 0 Å². The van der Waals surface area contributed by atoms with Crippen molar-refractivity contribution in [2.75, 3.05) is 31.1 Å². The largest absolute Gasteiger partial charge is 0.367 e. The zero-order valence-corrected chi connectivity index (χ0v) is 15.3. The van der Waals surface area contributed by atoms with Crippen molar-refractivity contribution in [3.05, 3.63) is 48.0 Å². The minimum absolute atomic E-state index is 0.169. The van der Waals surface area contributed by atoms with Crippen LogP contribution in [0.15, 0.2) is 42.5 Å². The number of nitrogens with one attached hydrogen (secondary N) is 2. The average molecular weight is 334 g/mol. The van der Waals surface area contributed by atoms with E-state index in [9.17, 15) is 0 Å². The number of hydrogen-bond donors (Lipinski definition) is 2. The number of imidazole rings is 1. The Morgan fingerprint density at radius 3 is 2.36 bits per heavy atom. The van der Waals surface area contributed by atoms with Crippen LogP contribution in [-0.4, -0.2) is 36.1 Å². The average Bonchev–Trinajstić information content (AvgIpc) is 3.06. The van der Waals surface area contributed by atoms with Crippen molar-refractivity contribution in [1.29, 1.82) is 0 Å². The molecule has 25 heavy (non-hydrogen) atoms. The molecule has 0 spiro atoms. The first kappa shape index (κ1) is 16.2. The summed E-state index contributed by atoms with van der Waals surface area (Å²) in [6.45, 7) is 10.8. The van der Waals surface area contributed by atoms with Crippen molar-refractivity contribution in [2.24, 2.45) is 0 Å². The van der Waals surface area contributed by atoms with E-state index in [0.717, 1.165) is 48.6 Å². The molecule has 0 radical (unpaired) electrons. The molecule has 0 bridgehead atoms. The first-order valence-electron chi connectivity index (χ1n) is 9.08. The fourth-order valence-corrected chi connectivity index (χ4v) is 3.44. The Labute approximate surface area is 149 Å². The van der Waals surface area contributed by atoms with E-state index in [-0.39, 0.29) is 5.41 Å². The molecule has 4 heteroatoms. The number of nitrogens with zero attached hydrogens (tertiary/aromatic N) is 2. The first-order chi connectivity index (χ1) is 12.0. The van der Waals surface area contributed by atoms with Crippen molar-refractivity contribution in [1.82, 2.24) is 15.3 Å². The smallest absolute Gasteiger partial charge is 0.138 e. The summed E-state index contributed by atoms with van der Waals surface area (Å²) in [4.78, 5) is 10.9. The van der Waals surface area contributed by atoms with Gasteiger partial charge in [0.05, 0.1) is 11.2 Å². The third kappa shape index (κ3) is 3.14. The molecule has 0 saturated carbocycles. The Hall–Kier alpha value is -2.33.